The summed E-state index contributed by atoms with van der Waals surface area (Å²) >= 11 is 0. The second kappa shape index (κ2) is 11.8. The number of H-pyrrole nitrogens is 1. The SMILES string of the molecule is Cc1cccc(-c2ccc(C(=O)NCCCCN3CCN(Cc4ccccc4)CC3)c(=O)[nH]2)c1. The summed E-state index contributed by atoms with van der Waals surface area (Å²) in [6, 6.07) is 22.0. The number of amides is 1. The number of carbonyl (C=O) groups excluding carboxylic acids is 1. The van der Waals surface area contributed by atoms with Crippen LogP contribution >= 0.6 is 0 Å². The fourth-order valence-corrected chi connectivity index (χ4v) is 4.40. The Labute approximate surface area is 201 Å². The van der Waals surface area contributed by atoms with Crippen molar-refractivity contribution in [2.24, 2.45) is 0 Å². The minimum atomic E-state index is -0.357. The number of aromatic nitrogens is 1. The third kappa shape index (κ3) is 6.65. The summed E-state index contributed by atoms with van der Waals surface area (Å²) in [5.74, 6) is -0.313. The van der Waals surface area contributed by atoms with Gasteiger partial charge in [-0.05, 0) is 55.6 Å². The number of hydrogen-bond acceptors (Lipinski definition) is 4. The monoisotopic (exact) mass is 458 g/mol. The second-order valence-electron chi connectivity index (χ2n) is 9.05. The largest absolute Gasteiger partial charge is 0.352 e. The van der Waals surface area contributed by atoms with E-state index in [9.17, 15) is 9.59 Å². The first-order chi connectivity index (χ1) is 16.6. The third-order valence-corrected chi connectivity index (χ3v) is 6.38. The third-order valence-electron chi connectivity index (χ3n) is 6.38. The summed E-state index contributed by atoms with van der Waals surface area (Å²) in [6.07, 6.45) is 1.93. The first-order valence-electron chi connectivity index (χ1n) is 12.2. The van der Waals surface area contributed by atoms with Crippen molar-refractivity contribution in [3.05, 3.63) is 93.8 Å². The number of aromatic amines is 1. The first-order valence-corrected chi connectivity index (χ1v) is 12.2. The maximum absolute atomic E-state index is 12.5. The van der Waals surface area contributed by atoms with Gasteiger partial charge in [0.2, 0.25) is 0 Å². The van der Waals surface area contributed by atoms with E-state index in [4.69, 9.17) is 0 Å². The Balaban J connectivity index is 1.15. The van der Waals surface area contributed by atoms with E-state index in [2.05, 4.69) is 50.4 Å². The summed E-state index contributed by atoms with van der Waals surface area (Å²) in [7, 11) is 0. The van der Waals surface area contributed by atoms with E-state index in [1.54, 1.807) is 12.1 Å². The summed E-state index contributed by atoms with van der Waals surface area (Å²) in [5, 5.41) is 2.89. The molecular weight excluding hydrogens is 424 g/mol. The van der Waals surface area contributed by atoms with E-state index >= 15 is 0 Å². The molecule has 0 spiro atoms. The average molecular weight is 459 g/mol. The van der Waals surface area contributed by atoms with E-state index in [0.29, 0.717) is 12.2 Å². The Morgan fingerprint density at radius 3 is 2.41 bits per heavy atom. The zero-order valence-electron chi connectivity index (χ0n) is 19.9. The minimum Gasteiger partial charge on any atom is -0.352 e. The highest BCUT2D eigenvalue weighted by atomic mass is 16.2. The topological polar surface area (TPSA) is 68.4 Å². The second-order valence-corrected chi connectivity index (χ2v) is 9.05. The summed E-state index contributed by atoms with van der Waals surface area (Å²) in [4.78, 5) is 32.8. The van der Waals surface area contributed by atoms with Crippen LogP contribution in [-0.2, 0) is 6.54 Å². The molecule has 0 saturated carbocycles. The molecule has 2 heterocycles. The first kappa shape index (κ1) is 23.9. The minimum absolute atomic E-state index is 0.158. The van der Waals surface area contributed by atoms with E-state index in [-0.39, 0.29) is 17.0 Å². The fourth-order valence-electron chi connectivity index (χ4n) is 4.40. The predicted molar refractivity (Wildman–Crippen MR) is 137 cm³/mol. The maximum atomic E-state index is 12.5. The Hall–Kier alpha value is -3.22. The van der Waals surface area contributed by atoms with Crippen molar-refractivity contribution in [2.45, 2.75) is 26.3 Å². The Kier molecular flexibility index (Phi) is 8.28. The van der Waals surface area contributed by atoms with Gasteiger partial charge in [-0.3, -0.25) is 14.5 Å². The van der Waals surface area contributed by atoms with Crippen LogP contribution in [0.5, 0.6) is 0 Å². The van der Waals surface area contributed by atoms with Crippen LogP contribution in [0.2, 0.25) is 0 Å². The lowest BCUT2D eigenvalue weighted by Gasteiger charge is -2.34. The molecule has 1 amide bonds. The van der Waals surface area contributed by atoms with Gasteiger partial charge in [0.1, 0.15) is 5.56 Å². The number of pyridine rings is 1. The lowest BCUT2D eigenvalue weighted by atomic mass is 10.1. The number of nitrogens with zero attached hydrogens (tertiary/aromatic N) is 2. The zero-order valence-corrected chi connectivity index (χ0v) is 19.9. The quantitative estimate of drug-likeness (QED) is 0.480. The number of carbonyl (C=O) groups is 1. The van der Waals surface area contributed by atoms with E-state index in [1.807, 2.05) is 31.2 Å². The molecule has 1 fully saturated rings. The van der Waals surface area contributed by atoms with Crippen molar-refractivity contribution in [2.75, 3.05) is 39.3 Å². The van der Waals surface area contributed by atoms with Gasteiger partial charge in [-0.1, -0.05) is 54.1 Å². The van der Waals surface area contributed by atoms with E-state index in [0.717, 1.165) is 63.2 Å². The van der Waals surface area contributed by atoms with E-state index in [1.165, 1.54) is 5.56 Å². The van der Waals surface area contributed by atoms with Crippen molar-refractivity contribution < 1.29 is 4.79 Å². The van der Waals surface area contributed by atoms with Gasteiger partial charge in [-0.2, -0.15) is 0 Å². The Bertz CT molecular complexity index is 1130. The van der Waals surface area contributed by atoms with Gasteiger partial charge in [0.05, 0.1) is 0 Å². The normalized spacial score (nSPS) is 14.7. The Morgan fingerprint density at radius 2 is 1.68 bits per heavy atom. The summed E-state index contributed by atoms with van der Waals surface area (Å²) in [6.45, 7) is 9.00. The molecule has 1 saturated heterocycles. The van der Waals surface area contributed by atoms with Crippen molar-refractivity contribution in [1.29, 1.82) is 0 Å². The molecule has 2 N–H and O–H groups in total. The van der Waals surface area contributed by atoms with Gasteiger partial charge in [0, 0.05) is 45.0 Å². The highest BCUT2D eigenvalue weighted by Crippen LogP contribution is 2.17. The molecule has 3 aromatic rings. The summed E-state index contributed by atoms with van der Waals surface area (Å²) < 4.78 is 0. The van der Waals surface area contributed by atoms with Gasteiger partial charge >= 0.3 is 0 Å². The number of benzene rings is 2. The molecule has 4 rings (SSSR count). The van der Waals surface area contributed by atoms with Crippen molar-refractivity contribution in [3.63, 3.8) is 0 Å². The molecule has 6 nitrogen and oxygen atoms in total. The van der Waals surface area contributed by atoms with Crippen LogP contribution in [-0.4, -0.2) is 60.0 Å². The van der Waals surface area contributed by atoms with Crippen LogP contribution in [0.1, 0.15) is 34.3 Å². The molecule has 178 valence electrons. The van der Waals surface area contributed by atoms with Gasteiger partial charge in [0.25, 0.3) is 11.5 Å². The zero-order chi connectivity index (χ0) is 23.8. The molecule has 0 radical (unpaired) electrons. The number of rotatable bonds is 9. The maximum Gasteiger partial charge on any atom is 0.261 e. The molecule has 1 aromatic heterocycles. The molecule has 6 heteroatoms. The lowest BCUT2D eigenvalue weighted by molar-refractivity contribution is 0.0949. The average Bonchev–Trinajstić information content (AvgIpc) is 2.85. The predicted octanol–water partition coefficient (Wildman–Crippen LogP) is 3.68. The molecule has 0 bridgehead atoms. The molecule has 1 aliphatic rings. The van der Waals surface area contributed by atoms with Crippen LogP contribution in [0.3, 0.4) is 0 Å². The molecular formula is C28H34N4O2. The highest BCUT2D eigenvalue weighted by Gasteiger charge is 2.16. The molecule has 2 aromatic carbocycles. The standard InChI is InChI=1S/C28H34N4O2/c1-22-8-7-11-24(20-22)26-13-12-25(28(34)30-26)27(33)29-14-5-6-15-31-16-18-32(19-17-31)21-23-9-3-2-4-10-23/h2-4,7-13,20H,5-6,14-19,21H2,1H3,(H,29,33)(H,30,34). The van der Waals surface area contributed by atoms with Gasteiger partial charge in [-0.15, -0.1) is 0 Å². The van der Waals surface area contributed by atoms with Crippen LogP contribution < -0.4 is 10.9 Å². The van der Waals surface area contributed by atoms with Crippen LogP contribution in [0, 0.1) is 6.92 Å². The fraction of sp³-hybridized carbons (Fsp3) is 0.357. The molecule has 0 aliphatic carbocycles. The van der Waals surface area contributed by atoms with Crippen LogP contribution in [0.4, 0.5) is 0 Å². The highest BCUT2D eigenvalue weighted by molar-refractivity contribution is 5.94. The molecule has 1 aliphatic heterocycles. The number of unbranched alkanes of at least 4 members (excludes halogenated alkanes) is 1. The van der Waals surface area contributed by atoms with Crippen molar-refractivity contribution in [1.82, 2.24) is 20.1 Å². The Morgan fingerprint density at radius 1 is 0.912 bits per heavy atom. The van der Waals surface area contributed by atoms with Gasteiger partial charge in [-0.25, -0.2) is 0 Å². The van der Waals surface area contributed by atoms with Gasteiger partial charge in [0.15, 0.2) is 0 Å². The number of piperazine rings is 1. The number of nitrogens with one attached hydrogen (secondary N) is 2. The number of hydrogen-bond donors (Lipinski definition) is 2. The van der Waals surface area contributed by atoms with Crippen molar-refractivity contribution in [3.8, 4) is 11.3 Å². The van der Waals surface area contributed by atoms with Crippen LogP contribution in [0.25, 0.3) is 11.3 Å². The lowest BCUT2D eigenvalue weighted by Crippen LogP contribution is -2.46. The summed E-state index contributed by atoms with van der Waals surface area (Å²) in [5.41, 5.74) is 3.94. The molecule has 0 unspecified atom stereocenters. The molecule has 0 atom stereocenters. The number of aryl methyl sites for hydroxylation is 1. The molecule has 34 heavy (non-hydrogen) atoms. The van der Waals surface area contributed by atoms with Crippen molar-refractivity contribution >= 4 is 5.91 Å². The van der Waals surface area contributed by atoms with Gasteiger partial charge < -0.3 is 15.2 Å². The smallest absolute Gasteiger partial charge is 0.261 e. The van der Waals surface area contributed by atoms with Crippen LogP contribution in [0.15, 0.2) is 71.5 Å². The van der Waals surface area contributed by atoms with E-state index < -0.39 is 0 Å².